The Morgan fingerprint density at radius 2 is 2.00 bits per heavy atom. The number of thiophene rings is 1. The third-order valence-corrected chi connectivity index (χ3v) is 4.38. The molecule has 1 aromatic carbocycles. The SMILES string of the molecule is CC(C)[C@H](NC(=O)c1cccs1)C(=O)Oc1ccc2c(c1)OCO2. The first kappa shape index (κ1) is 16.3. The van der Waals surface area contributed by atoms with E-state index in [1.807, 2.05) is 19.2 Å². The maximum absolute atomic E-state index is 12.5. The quantitative estimate of drug-likeness (QED) is 0.665. The summed E-state index contributed by atoms with van der Waals surface area (Å²) >= 11 is 1.32. The van der Waals surface area contributed by atoms with E-state index in [1.54, 1.807) is 30.3 Å². The molecule has 0 fully saturated rings. The lowest BCUT2D eigenvalue weighted by Crippen LogP contribution is -2.46. The lowest BCUT2D eigenvalue weighted by atomic mass is 10.0. The lowest BCUT2D eigenvalue weighted by Gasteiger charge is -2.20. The summed E-state index contributed by atoms with van der Waals surface area (Å²) in [5, 5.41) is 4.54. The predicted molar refractivity (Wildman–Crippen MR) is 88.6 cm³/mol. The molecule has 1 aliphatic heterocycles. The summed E-state index contributed by atoms with van der Waals surface area (Å²) in [6, 6.07) is 7.66. The molecule has 0 aliphatic carbocycles. The molecule has 3 rings (SSSR count). The van der Waals surface area contributed by atoms with Crippen LogP contribution in [0.5, 0.6) is 17.2 Å². The van der Waals surface area contributed by atoms with Crippen LogP contribution in [0.3, 0.4) is 0 Å². The van der Waals surface area contributed by atoms with Crippen molar-refractivity contribution in [3.8, 4) is 17.2 Å². The van der Waals surface area contributed by atoms with Crippen molar-refractivity contribution >= 4 is 23.2 Å². The molecule has 1 aromatic heterocycles. The summed E-state index contributed by atoms with van der Waals surface area (Å²) in [6.45, 7) is 3.85. The van der Waals surface area contributed by atoms with E-state index in [-0.39, 0.29) is 18.6 Å². The number of esters is 1. The van der Waals surface area contributed by atoms with Gasteiger partial charge < -0.3 is 19.5 Å². The third kappa shape index (κ3) is 3.51. The Labute approximate surface area is 143 Å². The Morgan fingerprint density at radius 1 is 1.21 bits per heavy atom. The van der Waals surface area contributed by atoms with E-state index in [4.69, 9.17) is 14.2 Å². The monoisotopic (exact) mass is 347 g/mol. The number of fused-ring (bicyclic) bond motifs is 1. The Bertz CT molecular complexity index is 741. The number of hydrogen-bond acceptors (Lipinski definition) is 6. The largest absolute Gasteiger partial charge is 0.454 e. The standard InChI is InChI=1S/C17H17NO5S/c1-10(2)15(18-16(19)14-4-3-7-24-14)17(20)23-11-5-6-12-13(8-11)22-9-21-12/h3-8,10,15H,9H2,1-2H3,(H,18,19)/t15-/m0/s1. The zero-order chi connectivity index (χ0) is 17.1. The van der Waals surface area contributed by atoms with Crippen LogP contribution < -0.4 is 19.5 Å². The molecule has 0 saturated carbocycles. The van der Waals surface area contributed by atoms with Gasteiger partial charge in [-0.15, -0.1) is 11.3 Å². The topological polar surface area (TPSA) is 73.9 Å². The molecule has 1 N–H and O–H groups in total. The van der Waals surface area contributed by atoms with E-state index in [1.165, 1.54) is 11.3 Å². The normalized spacial score (nSPS) is 13.6. The minimum Gasteiger partial charge on any atom is -0.454 e. The summed E-state index contributed by atoms with van der Waals surface area (Å²) in [5.74, 6) is 0.570. The summed E-state index contributed by atoms with van der Waals surface area (Å²) in [6.07, 6.45) is 0. The van der Waals surface area contributed by atoms with Gasteiger partial charge in [-0.2, -0.15) is 0 Å². The number of carbonyl (C=O) groups is 2. The van der Waals surface area contributed by atoms with E-state index in [0.717, 1.165) is 0 Å². The Balaban J connectivity index is 1.69. The van der Waals surface area contributed by atoms with Gasteiger partial charge in [-0.25, -0.2) is 4.79 Å². The summed E-state index contributed by atoms with van der Waals surface area (Å²) in [4.78, 5) is 25.2. The molecule has 0 spiro atoms. The predicted octanol–water partition coefficient (Wildman–Crippen LogP) is 2.84. The average molecular weight is 347 g/mol. The molecule has 1 amide bonds. The van der Waals surface area contributed by atoms with Crippen molar-refractivity contribution in [1.29, 1.82) is 0 Å². The van der Waals surface area contributed by atoms with Gasteiger partial charge in [-0.1, -0.05) is 19.9 Å². The van der Waals surface area contributed by atoms with Crippen molar-refractivity contribution in [1.82, 2.24) is 5.32 Å². The van der Waals surface area contributed by atoms with Crippen LogP contribution in [-0.4, -0.2) is 24.7 Å². The molecule has 1 aliphatic rings. The number of amides is 1. The number of benzene rings is 1. The fourth-order valence-electron chi connectivity index (χ4n) is 2.24. The second-order valence-corrected chi connectivity index (χ2v) is 6.56. The van der Waals surface area contributed by atoms with Crippen molar-refractivity contribution in [3.63, 3.8) is 0 Å². The minimum atomic E-state index is -0.745. The highest BCUT2D eigenvalue weighted by atomic mass is 32.1. The number of hydrogen-bond donors (Lipinski definition) is 1. The summed E-state index contributed by atoms with van der Waals surface area (Å²) in [7, 11) is 0. The van der Waals surface area contributed by atoms with Crippen LogP contribution in [0.15, 0.2) is 35.7 Å². The van der Waals surface area contributed by atoms with Gasteiger partial charge in [0.15, 0.2) is 11.5 Å². The van der Waals surface area contributed by atoms with E-state index in [2.05, 4.69) is 5.32 Å². The van der Waals surface area contributed by atoms with E-state index >= 15 is 0 Å². The first-order valence-electron chi connectivity index (χ1n) is 7.50. The van der Waals surface area contributed by atoms with Gasteiger partial charge in [0.2, 0.25) is 6.79 Å². The molecule has 2 aromatic rings. The van der Waals surface area contributed by atoms with Gasteiger partial charge >= 0.3 is 5.97 Å². The lowest BCUT2D eigenvalue weighted by molar-refractivity contribution is -0.137. The zero-order valence-electron chi connectivity index (χ0n) is 13.3. The number of rotatable bonds is 5. The highest BCUT2D eigenvalue weighted by Gasteiger charge is 2.27. The van der Waals surface area contributed by atoms with Crippen molar-refractivity contribution in [2.45, 2.75) is 19.9 Å². The molecular formula is C17H17NO5S. The highest BCUT2D eigenvalue weighted by molar-refractivity contribution is 7.12. The maximum Gasteiger partial charge on any atom is 0.334 e. The van der Waals surface area contributed by atoms with Gasteiger partial charge in [0.25, 0.3) is 5.91 Å². The van der Waals surface area contributed by atoms with Crippen LogP contribution in [0.2, 0.25) is 0 Å². The van der Waals surface area contributed by atoms with Crippen LogP contribution in [0.1, 0.15) is 23.5 Å². The zero-order valence-corrected chi connectivity index (χ0v) is 14.1. The van der Waals surface area contributed by atoms with Gasteiger partial charge in [0, 0.05) is 6.07 Å². The van der Waals surface area contributed by atoms with Gasteiger partial charge in [0.05, 0.1) is 4.88 Å². The van der Waals surface area contributed by atoms with E-state index in [9.17, 15) is 9.59 Å². The average Bonchev–Trinajstić information content (AvgIpc) is 3.22. The molecular weight excluding hydrogens is 330 g/mol. The number of nitrogens with one attached hydrogen (secondary N) is 1. The fourth-order valence-corrected chi connectivity index (χ4v) is 2.86. The molecule has 7 heteroatoms. The first-order valence-corrected chi connectivity index (χ1v) is 8.38. The smallest absolute Gasteiger partial charge is 0.334 e. The molecule has 0 saturated heterocycles. The molecule has 0 bridgehead atoms. The first-order chi connectivity index (χ1) is 11.5. The number of carbonyl (C=O) groups excluding carboxylic acids is 2. The highest BCUT2D eigenvalue weighted by Crippen LogP contribution is 2.35. The molecule has 2 heterocycles. The van der Waals surface area contributed by atoms with Crippen molar-refractivity contribution in [2.24, 2.45) is 5.92 Å². The van der Waals surface area contributed by atoms with Crippen molar-refractivity contribution in [3.05, 3.63) is 40.6 Å². The van der Waals surface area contributed by atoms with Crippen LogP contribution >= 0.6 is 11.3 Å². The molecule has 1 atom stereocenters. The molecule has 6 nitrogen and oxygen atoms in total. The van der Waals surface area contributed by atoms with Crippen molar-refractivity contribution < 1.29 is 23.8 Å². The second-order valence-electron chi connectivity index (χ2n) is 5.61. The Kier molecular flexibility index (Phi) is 4.71. The molecule has 0 unspecified atom stereocenters. The Morgan fingerprint density at radius 3 is 2.71 bits per heavy atom. The third-order valence-electron chi connectivity index (χ3n) is 3.51. The van der Waals surface area contributed by atoms with Crippen LogP contribution in [0.4, 0.5) is 0 Å². The summed E-state index contributed by atoms with van der Waals surface area (Å²) < 4.78 is 15.9. The molecule has 24 heavy (non-hydrogen) atoms. The minimum absolute atomic E-state index is 0.115. The van der Waals surface area contributed by atoms with Crippen LogP contribution in [0, 0.1) is 5.92 Å². The fraction of sp³-hybridized carbons (Fsp3) is 0.294. The second kappa shape index (κ2) is 6.92. The van der Waals surface area contributed by atoms with E-state index < -0.39 is 12.0 Å². The summed E-state index contributed by atoms with van der Waals surface area (Å²) in [5.41, 5.74) is 0. The van der Waals surface area contributed by atoms with Gasteiger partial charge in [-0.3, -0.25) is 4.79 Å². The van der Waals surface area contributed by atoms with Crippen LogP contribution in [0.25, 0.3) is 0 Å². The van der Waals surface area contributed by atoms with Gasteiger partial charge in [0.1, 0.15) is 11.8 Å². The number of ether oxygens (including phenoxy) is 3. The van der Waals surface area contributed by atoms with Crippen LogP contribution in [-0.2, 0) is 4.79 Å². The molecule has 0 radical (unpaired) electrons. The maximum atomic E-state index is 12.5. The van der Waals surface area contributed by atoms with E-state index in [0.29, 0.717) is 22.1 Å². The Hall–Kier alpha value is -2.54. The molecule has 126 valence electrons. The van der Waals surface area contributed by atoms with Gasteiger partial charge in [-0.05, 0) is 29.5 Å². The van der Waals surface area contributed by atoms with Crippen molar-refractivity contribution in [2.75, 3.05) is 6.79 Å².